The summed E-state index contributed by atoms with van der Waals surface area (Å²) in [5.41, 5.74) is 3.75. The molecule has 0 saturated carbocycles. The molecule has 4 aromatic rings. The van der Waals surface area contributed by atoms with Crippen molar-refractivity contribution in [3.8, 4) is 16.9 Å². The molecular formula is C23H17Cl3N4O2S. The first-order valence-electron chi connectivity index (χ1n) is 9.77. The number of hydrogen-bond acceptors (Lipinski definition) is 5. The molecule has 0 saturated heterocycles. The summed E-state index contributed by atoms with van der Waals surface area (Å²) in [5, 5.41) is 13.5. The zero-order valence-corrected chi connectivity index (χ0v) is 20.1. The van der Waals surface area contributed by atoms with Crippen LogP contribution in [0.15, 0.2) is 60.8 Å². The number of carbonyl (C=O) groups is 1. The molecule has 168 valence electrons. The lowest BCUT2D eigenvalue weighted by Crippen LogP contribution is -2.29. The normalized spacial score (nSPS) is 10.9. The number of nitrogens with zero attached hydrogens (tertiary/aromatic N) is 3. The topological polar surface area (TPSA) is 78.3 Å². The maximum Gasteiger partial charge on any atom is 0.332 e. The van der Waals surface area contributed by atoms with E-state index < -0.39 is 6.03 Å². The minimum absolute atomic E-state index is 0.150. The molecule has 0 aliphatic rings. The van der Waals surface area contributed by atoms with Gasteiger partial charge in [0.1, 0.15) is 0 Å². The molecule has 0 spiro atoms. The van der Waals surface area contributed by atoms with Crippen molar-refractivity contribution in [2.75, 3.05) is 11.9 Å². The van der Waals surface area contributed by atoms with Crippen molar-refractivity contribution in [3.05, 3.63) is 81.4 Å². The van der Waals surface area contributed by atoms with E-state index in [4.69, 9.17) is 34.8 Å². The number of thiol groups is 1. The van der Waals surface area contributed by atoms with Gasteiger partial charge in [0, 0.05) is 11.6 Å². The number of phenols is 1. The molecule has 33 heavy (non-hydrogen) atoms. The van der Waals surface area contributed by atoms with E-state index in [0.29, 0.717) is 34.6 Å². The van der Waals surface area contributed by atoms with Crippen LogP contribution in [-0.4, -0.2) is 32.0 Å². The van der Waals surface area contributed by atoms with Gasteiger partial charge < -0.3 is 5.11 Å². The van der Waals surface area contributed by atoms with Crippen molar-refractivity contribution in [1.29, 1.82) is 0 Å². The lowest BCUT2D eigenvalue weighted by atomic mass is 10.0. The summed E-state index contributed by atoms with van der Waals surface area (Å²) in [4.78, 5) is 21.4. The maximum absolute atomic E-state index is 12.5. The number of aromatic hydroxyl groups is 1. The number of phenolic OH excluding ortho intramolecular Hbond substituents is 1. The second-order valence-electron chi connectivity index (χ2n) is 7.18. The highest BCUT2D eigenvalue weighted by molar-refractivity contribution is 7.78. The zero-order chi connectivity index (χ0) is 23.5. The number of hydrogen-bond donors (Lipinski definition) is 3. The Hall–Kier alpha value is -2.71. The monoisotopic (exact) mass is 518 g/mol. The highest BCUT2D eigenvalue weighted by atomic mass is 35.5. The van der Waals surface area contributed by atoms with E-state index in [1.165, 1.54) is 10.5 Å². The fourth-order valence-corrected chi connectivity index (χ4v) is 3.91. The third kappa shape index (κ3) is 5.62. The first kappa shape index (κ1) is 23.4. The number of urea groups is 1. The molecule has 6 nitrogen and oxygen atoms in total. The van der Waals surface area contributed by atoms with Crippen LogP contribution in [0, 0.1) is 0 Å². The second-order valence-corrected chi connectivity index (χ2v) is 8.91. The van der Waals surface area contributed by atoms with E-state index in [2.05, 4.69) is 28.1 Å². The Morgan fingerprint density at radius 1 is 0.970 bits per heavy atom. The van der Waals surface area contributed by atoms with Gasteiger partial charge >= 0.3 is 6.03 Å². The van der Waals surface area contributed by atoms with Crippen molar-refractivity contribution in [1.82, 2.24) is 14.3 Å². The van der Waals surface area contributed by atoms with Crippen LogP contribution in [0.25, 0.3) is 22.2 Å². The van der Waals surface area contributed by atoms with Crippen LogP contribution < -0.4 is 5.32 Å². The Labute approximate surface area is 210 Å². The Kier molecular flexibility index (Phi) is 7.14. The third-order valence-corrected chi connectivity index (χ3v) is 6.10. The van der Waals surface area contributed by atoms with Gasteiger partial charge in [0.15, 0.2) is 11.6 Å². The molecule has 0 aliphatic carbocycles. The fraction of sp³-hybridized carbons (Fsp3) is 0.0870. The molecule has 1 heterocycles. The molecule has 0 bridgehead atoms. The summed E-state index contributed by atoms with van der Waals surface area (Å²) in [6.45, 7) is 0.393. The SMILES string of the molecule is O=C(Nc1cnc2ccc(-c3cc(Cl)c(O)c(Cl)c3)cc2n1)N(S)CCc1ccc(Cl)cc1. The lowest BCUT2D eigenvalue weighted by Gasteiger charge is -2.16. The number of amides is 2. The van der Waals surface area contributed by atoms with Gasteiger partial charge in [-0.25, -0.2) is 9.78 Å². The van der Waals surface area contributed by atoms with E-state index in [1.807, 2.05) is 18.2 Å². The molecule has 2 amide bonds. The molecule has 0 fully saturated rings. The quantitative estimate of drug-likeness (QED) is 0.251. The summed E-state index contributed by atoms with van der Waals surface area (Å²) in [5.74, 6) is 0.122. The molecule has 10 heteroatoms. The van der Waals surface area contributed by atoms with Crippen molar-refractivity contribution in [2.45, 2.75) is 6.42 Å². The number of aromatic nitrogens is 2. The molecule has 2 N–H and O–H groups in total. The Morgan fingerprint density at radius 3 is 2.36 bits per heavy atom. The predicted molar refractivity (Wildman–Crippen MR) is 137 cm³/mol. The maximum atomic E-state index is 12.5. The first-order valence-corrected chi connectivity index (χ1v) is 11.3. The van der Waals surface area contributed by atoms with Gasteiger partial charge in [0.2, 0.25) is 0 Å². The number of carbonyl (C=O) groups excluding carboxylic acids is 1. The van der Waals surface area contributed by atoms with Crippen LogP contribution in [0.5, 0.6) is 5.75 Å². The number of benzene rings is 3. The largest absolute Gasteiger partial charge is 0.505 e. The summed E-state index contributed by atoms with van der Waals surface area (Å²) in [6, 6.07) is 15.7. The summed E-state index contributed by atoms with van der Waals surface area (Å²) in [6.07, 6.45) is 2.10. The Morgan fingerprint density at radius 2 is 1.67 bits per heavy atom. The van der Waals surface area contributed by atoms with Crippen molar-refractivity contribution in [3.63, 3.8) is 0 Å². The van der Waals surface area contributed by atoms with Crippen molar-refractivity contribution in [2.24, 2.45) is 0 Å². The van der Waals surface area contributed by atoms with Gasteiger partial charge in [0.05, 0.1) is 27.3 Å². The molecule has 0 aliphatic heterocycles. The minimum Gasteiger partial charge on any atom is -0.505 e. The van der Waals surface area contributed by atoms with Gasteiger partial charge in [-0.15, -0.1) is 0 Å². The van der Waals surface area contributed by atoms with Crippen molar-refractivity contribution >= 4 is 70.5 Å². The molecular weight excluding hydrogens is 503 g/mol. The van der Waals surface area contributed by atoms with E-state index in [9.17, 15) is 9.90 Å². The number of fused-ring (bicyclic) bond motifs is 1. The number of rotatable bonds is 5. The van der Waals surface area contributed by atoms with Crippen LogP contribution in [0.2, 0.25) is 15.1 Å². The molecule has 4 rings (SSSR count). The summed E-state index contributed by atoms with van der Waals surface area (Å²) < 4.78 is 1.28. The number of nitrogens with one attached hydrogen (secondary N) is 1. The molecule has 0 atom stereocenters. The number of anilines is 1. The molecule has 0 radical (unpaired) electrons. The summed E-state index contributed by atoms with van der Waals surface area (Å²) in [7, 11) is 0. The number of halogens is 3. The third-order valence-electron chi connectivity index (χ3n) is 4.89. The van der Waals surface area contributed by atoms with Gasteiger partial charge in [-0.05, 0) is 59.5 Å². The standard InChI is InChI=1S/C23H17Cl3N4O2S/c24-16-4-1-13(2-5-16)7-8-30(33)23(32)29-21-12-27-19-6-3-14(11-20(19)28-21)15-9-17(25)22(31)18(26)10-15/h1-6,9-12,31,33H,7-8H2,(H,28,29,32). The van der Waals surface area contributed by atoms with Crippen LogP contribution in [0.4, 0.5) is 10.6 Å². The molecule has 0 unspecified atom stereocenters. The van der Waals surface area contributed by atoms with E-state index in [1.54, 1.807) is 36.4 Å². The van der Waals surface area contributed by atoms with E-state index >= 15 is 0 Å². The summed E-state index contributed by atoms with van der Waals surface area (Å²) >= 11 is 22.3. The van der Waals surface area contributed by atoms with Gasteiger partial charge in [-0.3, -0.25) is 14.6 Å². The van der Waals surface area contributed by atoms with Gasteiger partial charge in [-0.1, -0.05) is 65.8 Å². The fourth-order valence-electron chi connectivity index (χ4n) is 3.15. The van der Waals surface area contributed by atoms with Crippen LogP contribution in [0.3, 0.4) is 0 Å². The van der Waals surface area contributed by atoms with E-state index in [-0.39, 0.29) is 21.6 Å². The average Bonchev–Trinajstić information content (AvgIpc) is 2.81. The van der Waals surface area contributed by atoms with Crippen molar-refractivity contribution < 1.29 is 9.90 Å². The molecule has 1 aromatic heterocycles. The highest BCUT2D eigenvalue weighted by Crippen LogP contribution is 2.36. The minimum atomic E-state index is -0.422. The van der Waals surface area contributed by atoms with Crippen LogP contribution >= 0.6 is 47.6 Å². The smallest absolute Gasteiger partial charge is 0.332 e. The first-order chi connectivity index (χ1) is 15.8. The van der Waals surface area contributed by atoms with Gasteiger partial charge in [0.25, 0.3) is 0 Å². The zero-order valence-electron chi connectivity index (χ0n) is 17.0. The van der Waals surface area contributed by atoms with E-state index in [0.717, 1.165) is 11.1 Å². The Bertz CT molecular complexity index is 1310. The highest BCUT2D eigenvalue weighted by Gasteiger charge is 2.13. The Balaban J connectivity index is 1.48. The van der Waals surface area contributed by atoms with Gasteiger partial charge in [-0.2, -0.15) is 0 Å². The average molecular weight is 520 g/mol. The second kappa shape index (κ2) is 10.1. The predicted octanol–water partition coefficient (Wildman–Crippen LogP) is 6.88. The molecule has 3 aromatic carbocycles. The van der Waals surface area contributed by atoms with Crippen LogP contribution in [0.1, 0.15) is 5.56 Å². The lowest BCUT2D eigenvalue weighted by molar-refractivity contribution is 0.239. The van der Waals surface area contributed by atoms with Crippen LogP contribution in [-0.2, 0) is 6.42 Å².